The summed E-state index contributed by atoms with van der Waals surface area (Å²) in [7, 11) is 0. The number of nitrogens with one attached hydrogen (secondary N) is 1. The lowest BCUT2D eigenvalue weighted by molar-refractivity contribution is 0.249. The van der Waals surface area contributed by atoms with Gasteiger partial charge < -0.3 is 10.1 Å². The summed E-state index contributed by atoms with van der Waals surface area (Å²) in [6.45, 7) is 2.10. The van der Waals surface area contributed by atoms with E-state index in [4.69, 9.17) is 4.74 Å². The molecule has 1 aromatic carbocycles. The van der Waals surface area contributed by atoms with Crippen LogP contribution in [0.3, 0.4) is 0 Å². The predicted octanol–water partition coefficient (Wildman–Crippen LogP) is 2.23. The van der Waals surface area contributed by atoms with Crippen LogP contribution in [0.25, 0.3) is 0 Å². The number of fused-ring (bicyclic) bond motifs is 1. The summed E-state index contributed by atoms with van der Waals surface area (Å²) >= 11 is 0. The highest BCUT2D eigenvalue weighted by Crippen LogP contribution is 2.31. The minimum absolute atomic E-state index is 0.174. The molecule has 1 unspecified atom stereocenters. The van der Waals surface area contributed by atoms with E-state index in [1.54, 1.807) is 0 Å². The van der Waals surface area contributed by atoms with Gasteiger partial charge in [0.25, 0.3) is 0 Å². The van der Waals surface area contributed by atoms with Crippen LogP contribution in [0.2, 0.25) is 0 Å². The third-order valence-corrected chi connectivity index (χ3v) is 1.84. The Balaban J connectivity index is 2.27. The molecule has 1 N–H and O–H groups in total. The van der Waals surface area contributed by atoms with E-state index in [2.05, 4.69) is 12.2 Å². The van der Waals surface area contributed by atoms with Crippen molar-refractivity contribution in [3.63, 3.8) is 0 Å². The Kier molecular flexibility index (Phi) is 1.46. The fourth-order valence-corrected chi connectivity index (χ4v) is 1.23. The maximum absolute atomic E-state index is 5.54. The molecular weight excluding hydrogens is 138 g/mol. The summed E-state index contributed by atoms with van der Waals surface area (Å²) < 4.78 is 5.54. The quantitative estimate of drug-likeness (QED) is 0.661. The zero-order chi connectivity index (χ0) is 7.68. The van der Waals surface area contributed by atoms with Gasteiger partial charge in [0, 0.05) is 6.42 Å². The van der Waals surface area contributed by atoms with E-state index in [-0.39, 0.29) is 6.23 Å². The van der Waals surface area contributed by atoms with Gasteiger partial charge in [-0.15, -0.1) is 0 Å². The average Bonchev–Trinajstić information content (AvgIpc) is 2.46. The van der Waals surface area contributed by atoms with Gasteiger partial charge in [0.15, 0.2) is 6.23 Å². The summed E-state index contributed by atoms with van der Waals surface area (Å²) in [5.74, 6) is 0.972. The standard InChI is InChI=1S/C9H11NO/c1-2-9-10-7-5-3-4-6-8(7)11-9/h3-6,9-10H,2H2,1H3. The first kappa shape index (κ1) is 6.53. The lowest BCUT2D eigenvalue weighted by Gasteiger charge is -2.06. The molecular formula is C9H11NO. The minimum Gasteiger partial charge on any atom is -0.469 e. The van der Waals surface area contributed by atoms with Gasteiger partial charge in [-0.1, -0.05) is 19.1 Å². The number of ether oxygens (including phenoxy) is 1. The van der Waals surface area contributed by atoms with Crippen LogP contribution in [0.15, 0.2) is 24.3 Å². The maximum Gasteiger partial charge on any atom is 0.169 e. The van der Waals surface area contributed by atoms with E-state index in [1.807, 2.05) is 24.3 Å². The van der Waals surface area contributed by atoms with Crippen molar-refractivity contribution in [2.75, 3.05) is 5.32 Å². The fourth-order valence-electron chi connectivity index (χ4n) is 1.23. The van der Waals surface area contributed by atoms with Gasteiger partial charge >= 0.3 is 0 Å². The van der Waals surface area contributed by atoms with Crippen LogP contribution < -0.4 is 10.1 Å². The van der Waals surface area contributed by atoms with Crippen molar-refractivity contribution >= 4 is 5.69 Å². The van der Waals surface area contributed by atoms with Crippen LogP contribution in [0.1, 0.15) is 13.3 Å². The second kappa shape index (κ2) is 2.46. The molecule has 0 amide bonds. The van der Waals surface area contributed by atoms with E-state index in [1.165, 1.54) is 0 Å². The molecule has 0 spiro atoms. The zero-order valence-electron chi connectivity index (χ0n) is 6.50. The highest BCUT2D eigenvalue weighted by Gasteiger charge is 2.18. The predicted molar refractivity (Wildman–Crippen MR) is 44.8 cm³/mol. The van der Waals surface area contributed by atoms with Crippen LogP contribution in [-0.4, -0.2) is 6.23 Å². The molecule has 11 heavy (non-hydrogen) atoms. The summed E-state index contributed by atoms with van der Waals surface area (Å²) in [6.07, 6.45) is 1.17. The van der Waals surface area contributed by atoms with E-state index in [0.29, 0.717) is 0 Å². The van der Waals surface area contributed by atoms with Crippen LogP contribution >= 0.6 is 0 Å². The Bertz CT molecular complexity index is 234. The molecule has 0 saturated heterocycles. The van der Waals surface area contributed by atoms with Gasteiger partial charge in [0.05, 0.1) is 5.69 Å². The van der Waals surface area contributed by atoms with Gasteiger partial charge in [-0.05, 0) is 12.1 Å². The summed E-state index contributed by atoms with van der Waals surface area (Å²) in [5.41, 5.74) is 1.11. The number of anilines is 1. The van der Waals surface area contributed by atoms with Gasteiger partial charge in [0.1, 0.15) is 5.75 Å². The second-order valence-corrected chi connectivity index (χ2v) is 2.66. The van der Waals surface area contributed by atoms with Crippen molar-refractivity contribution < 1.29 is 4.74 Å². The van der Waals surface area contributed by atoms with Crippen molar-refractivity contribution in [2.45, 2.75) is 19.6 Å². The molecule has 1 aromatic rings. The Hall–Kier alpha value is -1.18. The molecule has 2 nitrogen and oxygen atoms in total. The highest BCUT2D eigenvalue weighted by atomic mass is 16.5. The Morgan fingerprint density at radius 2 is 2.27 bits per heavy atom. The molecule has 1 aliphatic rings. The molecule has 58 valence electrons. The highest BCUT2D eigenvalue weighted by molar-refractivity contribution is 5.59. The van der Waals surface area contributed by atoms with Crippen LogP contribution in [-0.2, 0) is 0 Å². The molecule has 0 saturated carbocycles. The van der Waals surface area contributed by atoms with Crippen molar-refractivity contribution in [2.24, 2.45) is 0 Å². The fraction of sp³-hybridized carbons (Fsp3) is 0.333. The van der Waals surface area contributed by atoms with Gasteiger partial charge in [-0.2, -0.15) is 0 Å². The molecule has 0 radical (unpaired) electrons. The van der Waals surface area contributed by atoms with E-state index in [0.717, 1.165) is 17.9 Å². The molecule has 1 heterocycles. The Labute approximate surface area is 66.2 Å². The number of para-hydroxylation sites is 2. The normalized spacial score (nSPS) is 20.3. The first-order valence-corrected chi connectivity index (χ1v) is 3.92. The first-order valence-electron chi connectivity index (χ1n) is 3.92. The SMILES string of the molecule is CCC1Nc2ccccc2O1. The van der Waals surface area contributed by atoms with Crippen molar-refractivity contribution in [1.82, 2.24) is 0 Å². The molecule has 0 aliphatic carbocycles. The summed E-state index contributed by atoms with van der Waals surface area (Å²) in [6, 6.07) is 8.01. The van der Waals surface area contributed by atoms with Gasteiger partial charge in [-0.3, -0.25) is 0 Å². The van der Waals surface area contributed by atoms with Crippen LogP contribution in [0, 0.1) is 0 Å². The third-order valence-electron chi connectivity index (χ3n) is 1.84. The molecule has 0 aromatic heterocycles. The summed E-state index contributed by atoms with van der Waals surface area (Å²) in [5, 5.41) is 3.26. The molecule has 1 atom stereocenters. The van der Waals surface area contributed by atoms with Gasteiger partial charge in [0.2, 0.25) is 0 Å². The molecule has 2 rings (SSSR count). The Morgan fingerprint density at radius 1 is 1.45 bits per heavy atom. The lowest BCUT2D eigenvalue weighted by atomic mass is 10.3. The number of benzene rings is 1. The lowest BCUT2D eigenvalue weighted by Crippen LogP contribution is -2.17. The van der Waals surface area contributed by atoms with Crippen molar-refractivity contribution in [1.29, 1.82) is 0 Å². The maximum atomic E-state index is 5.54. The summed E-state index contributed by atoms with van der Waals surface area (Å²) in [4.78, 5) is 0. The third kappa shape index (κ3) is 1.04. The number of rotatable bonds is 1. The van der Waals surface area contributed by atoms with Crippen LogP contribution in [0.4, 0.5) is 5.69 Å². The van der Waals surface area contributed by atoms with Crippen molar-refractivity contribution in [3.05, 3.63) is 24.3 Å². The molecule has 1 aliphatic heterocycles. The first-order chi connectivity index (χ1) is 5.40. The molecule has 2 heteroatoms. The number of hydrogen-bond acceptors (Lipinski definition) is 2. The van der Waals surface area contributed by atoms with E-state index < -0.39 is 0 Å². The van der Waals surface area contributed by atoms with Crippen molar-refractivity contribution in [3.8, 4) is 5.75 Å². The minimum atomic E-state index is 0.174. The molecule has 0 bridgehead atoms. The van der Waals surface area contributed by atoms with E-state index >= 15 is 0 Å². The number of hydrogen-bond donors (Lipinski definition) is 1. The smallest absolute Gasteiger partial charge is 0.169 e. The van der Waals surface area contributed by atoms with Gasteiger partial charge in [-0.25, -0.2) is 0 Å². The second-order valence-electron chi connectivity index (χ2n) is 2.66. The Morgan fingerprint density at radius 3 is 3.00 bits per heavy atom. The average molecular weight is 149 g/mol. The zero-order valence-corrected chi connectivity index (χ0v) is 6.50. The monoisotopic (exact) mass is 149 g/mol. The largest absolute Gasteiger partial charge is 0.469 e. The topological polar surface area (TPSA) is 21.3 Å². The van der Waals surface area contributed by atoms with E-state index in [9.17, 15) is 0 Å². The molecule has 0 fully saturated rings. The van der Waals surface area contributed by atoms with Crippen LogP contribution in [0.5, 0.6) is 5.75 Å².